The standard InChI is InChI=1S/C16H13N3O4S/c1-10-5-2-3-8-13(10)18-15(20)14(24-16(18)21)17-11-6-4-7-12(9-11)19(22)23/h2-9,14,17H,1H3. The molecule has 1 aliphatic rings. The van der Waals surface area contributed by atoms with Gasteiger partial charge in [-0.3, -0.25) is 19.7 Å². The number of carbonyl (C=O) groups excluding carboxylic acids is 2. The van der Waals surface area contributed by atoms with E-state index < -0.39 is 16.2 Å². The number of nitro groups is 1. The van der Waals surface area contributed by atoms with E-state index in [0.717, 1.165) is 22.2 Å². The number of non-ortho nitro benzene ring substituents is 1. The Balaban J connectivity index is 1.83. The molecule has 1 saturated heterocycles. The molecule has 2 aromatic carbocycles. The van der Waals surface area contributed by atoms with E-state index in [1.807, 2.05) is 19.1 Å². The molecule has 1 aliphatic heterocycles. The lowest BCUT2D eigenvalue weighted by Gasteiger charge is -2.16. The molecule has 0 bridgehead atoms. The Labute approximate surface area is 141 Å². The summed E-state index contributed by atoms with van der Waals surface area (Å²) in [6.07, 6.45) is 0. The van der Waals surface area contributed by atoms with Crippen molar-refractivity contribution in [2.24, 2.45) is 0 Å². The maximum Gasteiger partial charge on any atom is 0.295 e. The molecule has 0 aliphatic carbocycles. The molecule has 8 heteroatoms. The Morgan fingerprint density at radius 1 is 1.17 bits per heavy atom. The normalized spacial score (nSPS) is 17.2. The third-order valence-electron chi connectivity index (χ3n) is 3.56. The van der Waals surface area contributed by atoms with Crippen molar-refractivity contribution in [2.75, 3.05) is 10.2 Å². The maximum absolute atomic E-state index is 12.6. The summed E-state index contributed by atoms with van der Waals surface area (Å²) in [5, 5.41) is 12.5. The van der Waals surface area contributed by atoms with E-state index >= 15 is 0 Å². The molecule has 1 N–H and O–H groups in total. The molecule has 24 heavy (non-hydrogen) atoms. The number of para-hydroxylation sites is 1. The molecule has 7 nitrogen and oxygen atoms in total. The lowest BCUT2D eigenvalue weighted by molar-refractivity contribution is -0.384. The van der Waals surface area contributed by atoms with Crippen LogP contribution in [0.2, 0.25) is 0 Å². The average Bonchev–Trinajstić information content (AvgIpc) is 2.82. The number of amides is 2. The van der Waals surface area contributed by atoms with Crippen LogP contribution in [0, 0.1) is 17.0 Å². The zero-order valence-corrected chi connectivity index (χ0v) is 13.4. The van der Waals surface area contributed by atoms with Crippen LogP contribution in [-0.2, 0) is 4.79 Å². The van der Waals surface area contributed by atoms with E-state index in [1.54, 1.807) is 18.2 Å². The molecule has 0 saturated carbocycles. The van der Waals surface area contributed by atoms with E-state index in [1.165, 1.54) is 18.2 Å². The number of benzene rings is 2. The molecular weight excluding hydrogens is 330 g/mol. The second-order valence-corrected chi connectivity index (χ2v) is 6.23. The summed E-state index contributed by atoms with van der Waals surface area (Å²) >= 11 is 0.851. The van der Waals surface area contributed by atoms with Crippen molar-refractivity contribution < 1.29 is 14.5 Å². The van der Waals surface area contributed by atoms with Crippen LogP contribution in [-0.4, -0.2) is 21.4 Å². The van der Waals surface area contributed by atoms with Crippen LogP contribution in [0.5, 0.6) is 0 Å². The van der Waals surface area contributed by atoms with E-state index in [9.17, 15) is 19.7 Å². The van der Waals surface area contributed by atoms with Gasteiger partial charge in [-0.05, 0) is 36.4 Å². The van der Waals surface area contributed by atoms with Crippen molar-refractivity contribution in [2.45, 2.75) is 12.3 Å². The molecular formula is C16H13N3O4S. The number of hydrogen-bond donors (Lipinski definition) is 1. The molecule has 0 radical (unpaired) electrons. The average molecular weight is 343 g/mol. The predicted octanol–water partition coefficient (Wildman–Crippen LogP) is 3.54. The van der Waals surface area contributed by atoms with Gasteiger partial charge in [0, 0.05) is 17.8 Å². The maximum atomic E-state index is 12.6. The highest BCUT2D eigenvalue weighted by Crippen LogP contribution is 2.34. The first kappa shape index (κ1) is 16.0. The molecule has 122 valence electrons. The summed E-state index contributed by atoms with van der Waals surface area (Å²) in [6.45, 7) is 1.82. The second kappa shape index (κ2) is 6.32. The molecule has 0 spiro atoms. The van der Waals surface area contributed by atoms with E-state index in [2.05, 4.69) is 5.32 Å². The Morgan fingerprint density at radius 2 is 1.92 bits per heavy atom. The number of imide groups is 1. The van der Waals surface area contributed by atoms with Gasteiger partial charge >= 0.3 is 0 Å². The number of nitrogens with zero attached hydrogens (tertiary/aromatic N) is 2. The van der Waals surface area contributed by atoms with Gasteiger partial charge in [-0.2, -0.15) is 0 Å². The molecule has 0 aromatic heterocycles. The second-order valence-electron chi connectivity index (χ2n) is 5.18. The van der Waals surface area contributed by atoms with E-state index in [4.69, 9.17) is 0 Å². The number of aryl methyl sites for hydroxylation is 1. The fraction of sp³-hybridized carbons (Fsp3) is 0.125. The highest BCUT2D eigenvalue weighted by Gasteiger charge is 2.41. The SMILES string of the molecule is Cc1ccccc1N1C(=O)SC(Nc2cccc([N+](=O)[O-])c2)C1=O. The van der Waals surface area contributed by atoms with Gasteiger partial charge in [0.2, 0.25) is 0 Å². The Bertz CT molecular complexity index is 840. The van der Waals surface area contributed by atoms with Crippen LogP contribution in [0.25, 0.3) is 0 Å². The fourth-order valence-corrected chi connectivity index (χ4v) is 3.29. The van der Waals surface area contributed by atoms with Gasteiger partial charge in [0.15, 0.2) is 5.37 Å². The van der Waals surface area contributed by atoms with Crippen LogP contribution in [0.3, 0.4) is 0 Å². The minimum absolute atomic E-state index is 0.0856. The number of carbonyl (C=O) groups is 2. The first-order chi connectivity index (χ1) is 11.5. The van der Waals surface area contributed by atoms with Crippen LogP contribution < -0.4 is 10.2 Å². The van der Waals surface area contributed by atoms with Gasteiger partial charge in [0.1, 0.15) is 0 Å². The summed E-state index contributed by atoms with van der Waals surface area (Å²) < 4.78 is 0. The zero-order valence-electron chi connectivity index (χ0n) is 12.6. The van der Waals surface area contributed by atoms with Gasteiger partial charge in [-0.1, -0.05) is 24.3 Å². The van der Waals surface area contributed by atoms with E-state index in [0.29, 0.717) is 11.4 Å². The quantitative estimate of drug-likeness (QED) is 0.674. The van der Waals surface area contributed by atoms with Crippen molar-refractivity contribution in [3.8, 4) is 0 Å². The first-order valence-corrected chi connectivity index (χ1v) is 7.96. The van der Waals surface area contributed by atoms with Crippen LogP contribution in [0.4, 0.5) is 21.9 Å². The predicted molar refractivity (Wildman–Crippen MR) is 92.2 cm³/mol. The molecule has 2 aromatic rings. The summed E-state index contributed by atoms with van der Waals surface area (Å²) in [4.78, 5) is 36.3. The fourth-order valence-electron chi connectivity index (χ4n) is 2.39. The monoisotopic (exact) mass is 343 g/mol. The summed E-state index contributed by atoms with van der Waals surface area (Å²) in [6, 6.07) is 12.9. The summed E-state index contributed by atoms with van der Waals surface area (Å²) in [7, 11) is 0. The molecule has 1 fully saturated rings. The third kappa shape index (κ3) is 2.95. The Morgan fingerprint density at radius 3 is 2.62 bits per heavy atom. The Hall–Kier alpha value is -2.87. The largest absolute Gasteiger partial charge is 0.365 e. The van der Waals surface area contributed by atoms with Crippen molar-refractivity contribution in [1.29, 1.82) is 0 Å². The number of hydrogen-bond acceptors (Lipinski definition) is 6. The lowest BCUT2D eigenvalue weighted by atomic mass is 10.2. The molecule has 3 rings (SSSR count). The smallest absolute Gasteiger partial charge is 0.295 e. The number of nitro benzene ring substituents is 1. The lowest BCUT2D eigenvalue weighted by Crippen LogP contribution is -2.34. The highest BCUT2D eigenvalue weighted by molar-refractivity contribution is 8.16. The zero-order chi connectivity index (χ0) is 17.3. The van der Waals surface area contributed by atoms with Crippen LogP contribution in [0.1, 0.15) is 5.56 Å². The van der Waals surface area contributed by atoms with Crippen molar-refractivity contribution >= 4 is 40.0 Å². The van der Waals surface area contributed by atoms with E-state index in [-0.39, 0.29) is 10.9 Å². The number of rotatable bonds is 4. The van der Waals surface area contributed by atoms with Crippen LogP contribution in [0.15, 0.2) is 48.5 Å². The molecule has 1 heterocycles. The minimum Gasteiger partial charge on any atom is -0.365 e. The molecule has 1 atom stereocenters. The highest BCUT2D eigenvalue weighted by atomic mass is 32.2. The Kier molecular flexibility index (Phi) is 4.22. The number of anilines is 2. The topological polar surface area (TPSA) is 92.6 Å². The molecule has 2 amide bonds. The number of thioether (sulfide) groups is 1. The van der Waals surface area contributed by atoms with Gasteiger partial charge < -0.3 is 5.32 Å². The van der Waals surface area contributed by atoms with Crippen molar-refractivity contribution in [3.63, 3.8) is 0 Å². The number of nitrogens with one attached hydrogen (secondary N) is 1. The van der Waals surface area contributed by atoms with Crippen molar-refractivity contribution in [1.82, 2.24) is 0 Å². The van der Waals surface area contributed by atoms with Gasteiger partial charge in [-0.15, -0.1) is 0 Å². The van der Waals surface area contributed by atoms with Gasteiger partial charge in [0.05, 0.1) is 10.6 Å². The first-order valence-electron chi connectivity index (χ1n) is 7.08. The third-order valence-corrected chi connectivity index (χ3v) is 4.50. The van der Waals surface area contributed by atoms with Crippen LogP contribution >= 0.6 is 11.8 Å². The summed E-state index contributed by atoms with van der Waals surface area (Å²) in [5.74, 6) is -0.397. The summed E-state index contributed by atoms with van der Waals surface area (Å²) in [5.41, 5.74) is 1.69. The van der Waals surface area contributed by atoms with Gasteiger partial charge in [-0.25, -0.2) is 4.90 Å². The molecule has 1 unspecified atom stereocenters. The minimum atomic E-state index is -0.820. The van der Waals surface area contributed by atoms with Gasteiger partial charge in [0.25, 0.3) is 16.8 Å². The van der Waals surface area contributed by atoms with Crippen molar-refractivity contribution in [3.05, 3.63) is 64.2 Å².